The van der Waals surface area contributed by atoms with Crippen LogP contribution in [0.15, 0.2) is 54.6 Å². The van der Waals surface area contributed by atoms with Crippen LogP contribution in [0.4, 0.5) is 5.69 Å². The van der Waals surface area contributed by atoms with Crippen molar-refractivity contribution in [3.05, 3.63) is 65.7 Å². The van der Waals surface area contributed by atoms with Gasteiger partial charge in [-0.25, -0.2) is 4.79 Å². The van der Waals surface area contributed by atoms with Gasteiger partial charge in [0.15, 0.2) is 0 Å². The van der Waals surface area contributed by atoms with Gasteiger partial charge in [-0.2, -0.15) is 0 Å². The van der Waals surface area contributed by atoms with Gasteiger partial charge in [0.1, 0.15) is 6.04 Å². The third-order valence-corrected chi connectivity index (χ3v) is 3.76. The molecule has 2 aromatic carbocycles. The molecule has 3 nitrogen and oxygen atoms in total. The number of benzene rings is 2. The third-order valence-electron chi connectivity index (χ3n) is 3.76. The van der Waals surface area contributed by atoms with Crippen molar-refractivity contribution in [3.63, 3.8) is 0 Å². The van der Waals surface area contributed by atoms with Crippen LogP contribution in [-0.2, 0) is 22.5 Å². The monoisotopic (exact) mass is 267 g/mol. The molecule has 102 valence electrons. The molecule has 3 heteroatoms. The summed E-state index contributed by atoms with van der Waals surface area (Å²) < 4.78 is 4.95. The average molecular weight is 267 g/mol. The van der Waals surface area contributed by atoms with E-state index in [4.69, 9.17) is 4.74 Å². The van der Waals surface area contributed by atoms with E-state index in [1.807, 2.05) is 30.3 Å². The SMILES string of the molecule is COC(=O)C1Cc2ccccc2N1Cc1ccccc1. The predicted octanol–water partition coefficient (Wildman–Crippen LogP) is 2.79. The fourth-order valence-corrected chi connectivity index (χ4v) is 2.77. The van der Waals surface area contributed by atoms with Crippen LogP contribution in [0.2, 0.25) is 0 Å². The molecule has 0 aliphatic carbocycles. The number of rotatable bonds is 3. The van der Waals surface area contributed by atoms with E-state index in [0.29, 0.717) is 0 Å². The highest BCUT2D eigenvalue weighted by molar-refractivity contribution is 5.83. The van der Waals surface area contributed by atoms with Crippen LogP contribution in [0, 0.1) is 0 Å². The van der Waals surface area contributed by atoms with Gasteiger partial charge in [-0.3, -0.25) is 0 Å². The number of para-hydroxylation sites is 1. The summed E-state index contributed by atoms with van der Waals surface area (Å²) in [5.74, 6) is -0.169. The quantitative estimate of drug-likeness (QED) is 0.801. The van der Waals surface area contributed by atoms with Crippen LogP contribution >= 0.6 is 0 Å². The maximum absolute atomic E-state index is 12.0. The zero-order valence-electron chi connectivity index (χ0n) is 11.5. The molecule has 0 saturated carbocycles. The molecule has 3 rings (SSSR count). The molecule has 1 unspecified atom stereocenters. The summed E-state index contributed by atoms with van der Waals surface area (Å²) in [6, 6.07) is 18.1. The highest BCUT2D eigenvalue weighted by Gasteiger charge is 2.34. The number of methoxy groups -OCH3 is 1. The lowest BCUT2D eigenvalue weighted by atomic mass is 10.1. The van der Waals surface area contributed by atoms with Gasteiger partial charge in [0, 0.05) is 18.7 Å². The molecule has 0 N–H and O–H groups in total. The average Bonchev–Trinajstić information content (AvgIpc) is 2.86. The minimum absolute atomic E-state index is 0.169. The van der Waals surface area contributed by atoms with E-state index in [1.165, 1.54) is 18.2 Å². The number of esters is 1. The Morgan fingerprint density at radius 2 is 1.85 bits per heavy atom. The lowest BCUT2D eigenvalue weighted by Gasteiger charge is -2.25. The zero-order valence-corrected chi connectivity index (χ0v) is 11.5. The second-order valence-electron chi connectivity index (χ2n) is 4.99. The highest BCUT2D eigenvalue weighted by Crippen LogP contribution is 2.33. The first-order valence-corrected chi connectivity index (χ1v) is 6.76. The maximum Gasteiger partial charge on any atom is 0.328 e. The summed E-state index contributed by atoms with van der Waals surface area (Å²) in [5, 5.41) is 0. The minimum atomic E-state index is -0.224. The first kappa shape index (κ1) is 12.7. The first-order valence-electron chi connectivity index (χ1n) is 6.76. The molecule has 0 amide bonds. The second-order valence-corrected chi connectivity index (χ2v) is 4.99. The second kappa shape index (κ2) is 5.37. The predicted molar refractivity (Wildman–Crippen MR) is 78.6 cm³/mol. The van der Waals surface area contributed by atoms with Crippen molar-refractivity contribution in [2.45, 2.75) is 19.0 Å². The van der Waals surface area contributed by atoms with Crippen molar-refractivity contribution >= 4 is 11.7 Å². The van der Waals surface area contributed by atoms with Crippen molar-refractivity contribution in [2.24, 2.45) is 0 Å². The molecule has 0 aromatic heterocycles. The number of nitrogens with zero attached hydrogens (tertiary/aromatic N) is 1. The molecule has 1 atom stereocenters. The Morgan fingerprint density at radius 1 is 1.15 bits per heavy atom. The zero-order chi connectivity index (χ0) is 13.9. The van der Waals surface area contributed by atoms with Crippen molar-refractivity contribution in [1.82, 2.24) is 0 Å². The van der Waals surface area contributed by atoms with Crippen molar-refractivity contribution in [2.75, 3.05) is 12.0 Å². The molecule has 2 aromatic rings. The van der Waals surface area contributed by atoms with Crippen molar-refractivity contribution in [3.8, 4) is 0 Å². The van der Waals surface area contributed by atoms with E-state index in [2.05, 4.69) is 29.2 Å². The number of ether oxygens (including phenoxy) is 1. The fourth-order valence-electron chi connectivity index (χ4n) is 2.77. The number of carbonyl (C=O) groups excluding carboxylic acids is 1. The van der Waals surface area contributed by atoms with E-state index in [-0.39, 0.29) is 12.0 Å². The Labute approximate surface area is 118 Å². The van der Waals surface area contributed by atoms with Crippen LogP contribution in [-0.4, -0.2) is 19.1 Å². The summed E-state index contributed by atoms with van der Waals surface area (Å²) in [6.45, 7) is 0.720. The van der Waals surface area contributed by atoms with Crippen molar-refractivity contribution < 1.29 is 9.53 Å². The van der Waals surface area contributed by atoms with Gasteiger partial charge in [0.25, 0.3) is 0 Å². The maximum atomic E-state index is 12.0. The standard InChI is InChI=1S/C17H17NO2/c1-20-17(19)16-11-14-9-5-6-10-15(14)18(16)12-13-7-3-2-4-8-13/h2-10,16H,11-12H2,1H3. The first-order chi connectivity index (χ1) is 9.79. The Hall–Kier alpha value is -2.29. The number of hydrogen-bond acceptors (Lipinski definition) is 3. The van der Waals surface area contributed by atoms with Crippen molar-refractivity contribution in [1.29, 1.82) is 0 Å². The number of hydrogen-bond donors (Lipinski definition) is 0. The Balaban J connectivity index is 1.93. The van der Waals surface area contributed by atoms with E-state index in [1.54, 1.807) is 0 Å². The number of fused-ring (bicyclic) bond motifs is 1. The van der Waals surface area contributed by atoms with E-state index in [9.17, 15) is 4.79 Å². The van der Waals surface area contributed by atoms with Crippen LogP contribution < -0.4 is 4.90 Å². The summed E-state index contributed by atoms with van der Waals surface area (Å²) in [6.07, 6.45) is 0.718. The van der Waals surface area contributed by atoms with Crippen LogP contribution in [0.1, 0.15) is 11.1 Å². The van der Waals surface area contributed by atoms with E-state index in [0.717, 1.165) is 18.7 Å². The molecular formula is C17H17NO2. The molecule has 0 bridgehead atoms. The van der Waals surface area contributed by atoms with Crippen LogP contribution in [0.5, 0.6) is 0 Å². The van der Waals surface area contributed by atoms with E-state index < -0.39 is 0 Å². The molecule has 0 fully saturated rings. The topological polar surface area (TPSA) is 29.5 Å². The molecule has 1 aliphatic rings. The van der Waals surface area contributed by atoms with Gasteiger partial charge in [0.2, 0.25) is 0 Å². The normalized spacial score (nSPS) is 16.9. The van der Waals surface area contributed by atoms with Crippen LogP contribution in [0.25, 0.3) is 0 Å². The number of carbonyl (C=O) groups is 1. The van der Waals surface area contributed by atoms with Gasteiger partial charge in [-0.15, -0.1) is 0 Å². The van der Waals surface area contributed by atoms with E-state index >= 15 is 0 Å². The Morgan fingerprint density at radius 3 is 2.60 bits per heavy atom. The molecular weight excluding hydrogens is 250 g/mol. The molecule has 1 heterocycles. The Kier molecular flexibility index (Phi) is 3.42. The van der Waals surface area contributed by atoms with Crippen LogP contribution in [0.3, 0.4) is 0 Å². The molecule has 1 aliphatic heterocycles. The summed E-state index contributed by atoms with van der Waals surface area (Å²) >= 11 is 0. The molecule has 0 saturated heterocycles. The van der Waals surface area contributed by atoms with Gasteiger partial charge < -0.3 is 9.64 Å². The molecule has 20 heavy (non-hydrogen) atoms. The van der Waals surface area contributed by atoms with Gasteiger partial charge in [-0.1, -0.05) is 48.5 Å². The summed E-state index contributed by atoms with van der Waals surface area (Å²) in [4.78, 5) is 14.2. The third kappa shape index (κ3) is 2.27. The van der Waals surface area contributed by atoms with Gasteiger partial charge in [-0.05, 0) is 17.2 Å². The molecule has 0 radical (unpaired) electrons. The van der Waals surface area contributed by atoms with Gasteiger partial charge in [0.05, 0.1) is 7.11 Å². The molecule has 0 spiro atoms. The minimum Gasteiger partial charge on any atom is -0.467 e. The summed E-state index contributed by atoms with van der Waals surface area (Å²) in [5.41, 5.74) is 3.53. The van der Waals surface area contributed by atoms with Gasteiger partial charge >= 0.3 is 5.97 Å². The summed E-state index contributed by atoms with van der Waals surface area (Å²) in [7, 11) is 1.45. The fraction of sp³-hybridized carbons (Fsp3) is 0.235. The smallest absolute Gasteiger partial charge is 0.328 e. The lowest BCUT2D eigenvalue weighted by molar-refractivity contribution is -0.142. The number of anilines is 1. The largest absolute Gasteiger partial charge is 0.467 e. The lowest BCUT2D eigenvalue weighted by Crippen LogP contribution is -2.39. The Bertz CT molecular complexity index is 609. The highest BCUT2D eigenvalue weighted by atomic mass is 16.5.